The maximum absolute atomic E-state index is 13.0. The third-order valence-corrected chi connectivity index (χ3v) is 6.76. The quantitative estimate of drug-likeness (QED) is 0.688. The van der Waals surface area contributed by atoms with E-state index in [1.807, 2.05) is 17.9 Å². The summed E-state index contributed by atoms with van der Waals surface area (Å²) in [6.07, 6.45) is 1.36. The third-order valence-electron chi connectivity index (χ3n) is 4.72. The number of hydrogen-bond acceptors (Lipinski definition) is 6. The highest BCUT2D eigenvalue weighted by molar-refractivity contribution is 7.89. The van der Waals surface area contributed by atoms with Gasteiger partial charge in [0, 0.05) is 26.2 Å². The van der Waals surface area contributed by atoms with Crippen LogP contribution >= 0.6 is 0 Å². The number of carbonyl (C=O) groups is 2. The van der Waals surface area contributed by atoms with Crippen LogP contribution in [0.1, 0.15) is 21.7 Å². The first-order valence-corrected chi connectivity index (χ1v) is 10.6. The van der Waals surface area contributed by atoms with Gasteiger partial charge in [-0.05, 0) is 43.2 Å². The van der Waals surface area contributed by atoms with Crippen molar-refractivity contribution in [2.75, 3.05) is 32.7 Å². The summed E-state index contributed by atoms with van der Waals surface area (Å²) in [6, 6.07) is 8.43. The van der Waals surface area contributed by atoms with Crippen molar-refractivity contribution in [3.05, 3.63) is 53.5 Å². The molecule has 1 aliphatic heterocycles. The lowest BCUT2D eigenvalue weighted by atomic mass is 10.2. The van der Waals surface area contributed by atoms with E-state index >= 15 is 0 Å². The predicted molar refractivity (Wildman–Crippen MR) is 105 cm³/mol. The molecule has 1 aromatic carbocycles. The molecule has 0 aliphatic carbocycles. The van der Waals surface area contributed by atoms with Crippen molar-refractivity contribution in [2.45, 2.75) is 18.7 Å². The number of hydrazine groups is 1. The summed E-state index contributed by atoms with van der Waals surface area (Å²) in [5, 5.41) is 0. The van der Waals surface area contributed by atoms with Crippen molar-refractivity contribution in [1.29, 1.82) is 0 Å². The first-order valence-electron chi connectivity index (χ1n) is 9.20. The molecule has 0 spiro atoms. The number of piperazine rings is 1. The summed E-state index contributed by atoms with van der Waals surface area (Å²) in [7, 11) is -3.57. The summed E-state index contributed by atoms with van der Waals surface area (Å²) in [5.74, 6) is -0.848. The molecule has 1 aromatic heterocycles. The Bertz CT molecular complexity index is 980. The van der Waals surface area contributed by atoms with E-state index in [1.165, 1.54) is 16.6 Å². The van der Waals surface area contributed by atoms with Gasteiger partial charge in [0.15, 0.2) is 5.76 Å². The van der Waals surface area contributed by atoms with E-state index in [0.717, 1.165) is 5.56 Å². The van der Waals surface area contributed by atoms with Crippen LogP contribution in [0.3, 0.4) is 0 Å². The molecule has 0 saturated carbocycles. The lowest BCUT2D eigenvalue weighted by molar-refractivity contribution is -0.123. The van der Waals surface area contributed by atoms with Gasteiger partial charge in [-0.15, -0.1) is 0 Å². The van der Waals surface area contributed by atoms with E-state index in [4.69, 9.17) is 4.42 Å². The van der Waals surface area contributed by atoms with Crippen LogP contribution in [0.2, 0.25) is 0 Å². The van der Waals surface area contributed by atoms with Crippen molar-refractivity contribution in [1.82, 2.24) is 20.1 Å². The average molecular weight is 420 g/mol. The van der Waals surface area contributed by atoms with Crippen molar-refractivity contribution in [3.63, 3.8) is 0 Å². The molecular formula is C19H24N4O5S. The molecule has 2 heterocycles. The second kappa shape index (κ2) is 8.76. The van der Waals surface area contributed by atoms with E-state index in [0.29, 0.717) is 36.6 Å². The zero-order valence-corrected chi connectivity index (χ0v) is 17.2. The Morgan fingerprint density at radius 2 is 1.79 bits per heavy atom. The number of hydrogen-bond donors (Lipinski definition) is 2. The normalized spacial score (nSPS) is 15.8. The van der Waals surface area contributed by atoms with Gasteiger partial charge in [-0.2, -0.15) is 4.31 Å². The Morgan fingerprint density at radius 3 is 2.45 bits per heavy atom. The summed E-state index contributed by atoms with van der Waals surface area (Å²) >= 11 is 0. The maximum Gasteiger partial charge on any atom is 0.305 e. The van der Waals surface area contributed by atoms with E-state index in [1.54, 1.807) is 25.1 Å². The maximum atomic E-state index is 13.0. The van der Waals surface area contributed by atoms with Gasteiger partial charge in [0.1, 0.15) is 0 Å². The average Bonchev–Trinajstić information content (AvgIpc) is 3.23. The van der Waals surface area contributed by atoms with Gasteiger partial charge in [-0.1, -0.05) is 12.1 Å². The topological polar surface area (TPSA) is 112 Å². The molecule has 0 unspecified atom stereocenters. The molecule has 9 nitrogen and oxygen atoms in total. The minimum absolute atomic E-state index is 0.0514. The van der Waals surface area contributed by atoms with Gasteiger partial charge < -0.3 is 4.42 Å². The number of nitrogens with zero attached hydrogens (tertiary/aromatic N) is 2. The van der Waals surface area contributed by atoms with Crippen molar-refractivity contribution < 1.29 is 22.4 Å². The fourth-order valence-electron chi connectivity index (χ4n) is 3.09. The van der Waals surface area contributed by atoms with Crippen LogP contribution in [0, 0.1) is 13.8 Å². The van der Waals surface area contributed by atoms with Gasteiger partial charge in [0.25, 0.3) is 5.91 Å². The minimum Gasteiger partial charge on any atom is -0.459 e. The molecule has 1 saturated heterocycles. The third kappa shape index (κ3) is 5.03. The molecule has 3 rings (SSSR count). The first-order chi connectivity index (χ1) is 13.8. The first kappa shape index (κ1) is 21.0. The Balaban J connectivity index is 1.50. The Labute approximate surface area is 169 Å². The summed E-state index contributed by atoms with van der Waals surface area (Å²) in [4.78, 5) is 25.9. The highest BCUT2D eigenvalue weighted by Gasteiger charge is 2.30. The van der Waals surface area contributed by atoms with Crippen LogP contribution in [0.25, 0.3) is 0 Å². The SMILES string of the molecule is Cc1ccc(C)c(S(=O)(=O)N2CCN(CC(=O)NNC(=O)c3ccco3)CC2)c1. The van der Waals surface area contributed by atoms with Gasteiger partial charge in [0.2, 0.25) is 10.0 Å². The lowest BCUT2D eigenvalue weighted by Crippen LogP contribution is -2.52. The smallest absolute Gasteiger partial charge is 0.305 e. The van der Waals surface area contributed by atoms with Crippen molar-refractivity contribution >= 4 is 21.8 Å². The molecule has 2 N–H and O–H groups in total. The Hall–Kier alpha value is -2.69. The number of furan rings is 1. The predicted octanol–water partition coefficient (Wildman–Crippen LogP) is 0.664. The fourth-order valence-corrected chi connectivity index (χ4v) is 4.82. The van der Waals surface area contributed by atoms with E-state index in [9.17, 15) is 18.0 Å². The zero-order chi connectivity index (χ0) is 21.0. The molecule has 1 aliphatic rings. The van der Waals surface area contributed by atoms with Crippen LogP contribution in [0.15, 0.2) is 45.9 Å². The number of amides is 2. The molecule has 1 fully saturated rings. The largest absolute Gasteiger partial charge is 0.459 e. The molecule has 0 radical (unpaired) electrons. The van der Waals surface area contributed by atoms with Crippen LogP contribution in [-0.2, 0) is 14.8 Å². The van der Waals surface area contributed by atoms with Crippen molar-refractivity contribution in [2.24, 2.45) is 0 Å². The number of benzene rings is 1. The zero-order valence-electron chi connectivity index (χ0n) is 16.3. The van der Waals surface area contributed by atoms with Crippen LogP contribution < -0.4 is 10.9 Å². The summed E-state index contributed by atoms with van der Waals surface area (Å²) in [6.45, 7) is 5.12. The molecule has 10 heteroatoms. The van der Waals surface area contributed by atoms with E-state index in [-0.39, 0.29) is 12.3 Å². The molecule has 29 heavy (non-hydrogen) atoms. The number of carbonyl (C=O) groups excluding carboxylic acids is 2. The number of sulfonamides is 1. The van der Waals surface area contributed by atoms with Crippen LogP contribution in [0.5, 0.6) is 0 Å². The number of aryl methyl sites for hydroxylation is 2. The second-order valence-corrected chi connectivity index (χ2v) is 8.84. The Kier molecular flexibility index (Phi) is 6.36. The molecule has 2 amide bonds. The van der Waals surface area contributed by atoms with Gasteiger partial charge in [-0.25, -0.2) is 8.42 Å². The molecule has 156 valence electrons. The molecular weight excluding hydrogens is 396 g/mol. The molecule has 0 bridgehead atoms. The number of rotatable bonds is 5. The fraction of sp³-hybridized carbons (Fsp3) is 0.368. The second-order valence-electron chi connectivity index (χ2n) is 6.93. The van der Waals surface area contributed by atoms with E-state index < -0.39 is 21.8 Å². The lowest BCUT2D eigenvalue weighted by Gasteiger charge is -2.33. The Morgan fingerprint density at radius 1 is 1.07 bits per heavy atom. The summed E-state index contributed by atoms with van der Waals surface area (Å²) < 4.78 is 32.3. The van der Waals surface area contributed by atoms with Crippen LogP contribution in [0.4, 0.5) is 0 Å². The van der Waals surface area contributed by atoms with Gasteiger partial charge in [-0.3, -0.25) is 25.3 Å². The van der Waals surface area contributed by atoms with Crippen LogP contribution in [-0.4, -0.2) is 62.2 Å². The van der Waals surface area contributed by atoms with Gasteiger partial charge >= 0.3 is 5.91 Å². The molecule has 0 atom stereocenters. The van der Waals surface area contributed by atoms with E-state index in [2.05, 4.69) is 10.9 Å². The standard InChI is InChI=1S/C19H24N4O5S/c1-14-5-6-15(2)17(12-14)29(26,27)23-9-7-22(8-10-23)13-18(24)20-21-19(25)16-4-3-11-28-16/h3-6,11-12H,7-10,13H2,1-2H3,(H,20,24)(H,21,25). The monoisotopic (exact) mass is 420 g/mol. The highest BCUT2D eigenvalue weighted by atomic mass is 32.2. The van der Waals surface area contributed by atoms with Crippen molar-refractivity contribution in [3.8, 4) is 0 Å². The number of nitrogens with one attached hydrogen (secondary N) is 2. The highest BCUT2D eigenvalue weighted by Crippen LogP contribution is 2.22. The summed E-state index contributed by atoms with van der Waals surface area (Å²) in [5.41, 5.74) is 6.20. The molecule has 2 aromatic rings. The minimum atomic E-state index is -3.57. The van der Waals surface area contributed by atoms with Gasteiger partial charge in [0.05, 0.1) is 17.7 Å².